The third-order valence-corrected chi connectivity index (χ3v) is 9.12. The zero-order valence-electron chi connectivity index (χ0n) is 30.0. The summed E-state index contributed by atoms with van der Waals surface area (Å²) < 4.78 is 10.9. The first-order chi connectivity index (χ1) is 26.6. The van der Waals surface area contributed by atoms with Crippen LogP contribution in [-0.4, -0.2) is 77.8 Å². The minimum Gasteiger partial charge on any atom is -0.493 e. The van der Waals surface area contributed by atoms with E-state index in [1.807, 2.05) is 60.7 Å². The Labute approximate surface area is 316 Å². The molecule has 55 heavy (non-hydrogen) atoms. The first kappa shape index (κ1) is 37.9. The number of methoxy groups -OCH3 is 1. The van der Waals surface area contributed by atoms with E-state index in [-0.39, 0.29) is 42.1 Å². The van der Waals surface area contributed by atoms with Crippen LogP contribution in [0.25, 0.3) is 11.1 Å². The molecule has 3 N–H and O–H groups in total. The van der Waals surface area contributed by atoms with Gasteiger partial charge in [0.05, 0.1) is 31.5 Å². The number of Topliss-reactive ketones (excluding diaryl/α,β-unsaturated/α-hetero) is 1. The number of carboxylic acid groups (broad SMARTS) is 1. The van der Waals surface area contributed by atoms with E-state index in [9.17, 15) is 33.9 Å². The summed E-state index contributed by atoms with van der Waals surface area (Å²) in [5, 5.41) is 14.9. The summed E-state index contributed by atoms with van der Waals surface area (Å²) in [5.74, 6) is -4.73. The van der Waals surface area contributed by atoms with E-state index in [0.29, 0.717) is 24.3 Å². The van der Waals surface area contributed by atoms with Crippen molar-refractivity contribution in [3.63, 3.8) is 0 Å². The molecular weight excluding hydrogens is 706 g/mol. The van der Waals surface area contributed by atoms with Crippen LogP contribution in [-0.2, 0) is 36.8 Å². The van der Waals surface area contributed by atoms with Crippen molar-refractivity contribution in [2.24, 2.45) is 0 Å². The van der Waals surface area contributed by atoms with Crippen LogP contribution in [0.5, 0.6) is 5.75 Å². The van der Waals surface area contributed by atoms with Gasteiger partial charge in [-0.1, -0.05) is 78.9 Å². The molecule has 4 amide bonds. The smallest absolute Gasteiger partial charge is 0.305 e. The number of amides is 4. The molecule has 2 unspecified atom stereocenters. The van der Waals surface area contributed by atoms with Crippen molar-refractivity contribution >= 4 is 57.9 Å². The lowest BCUT2D eigenvalue weighted by atomic mass is 10.1. The quantitative estimate of drug-likeness (QED) is 0.132. The molecule has 0 bridgehead atoms. The number of hydrogen-bond acceptors (Lipinski definition) is 9. The third-order valence-electron chi connectivity index (χ3n) is 9.12. The maximum absolute atomic E-state index is 14.4. The molecule has 0 saturated heterocycles. The Bertz CT molecular complexity index is 2210. The number of ether oxygens (including phenoxy) is 1. The Morgan fingerprint density at radius 2 is 1.47 bits per heavy atom. The highest BCUT2D eigenvalue weighted by Crippen LogP contribution is 2.34. The maximum atomic E-state index is 14.4. The normalized spacial score (nSPS) is 14.4. The molecule has 0 radical (unpaired) electrons. The molecule has 1 aliphatic heterocycles. The SMILES string of the molecule is COc1cccc2nc(C(=O)C(CC(=O)O)NC(=O)CN3C(=O)C(NC(=O)CCc4ccccc4)CN(C(=O)CCc4ccccc4)c4ccccc43)oc12. The first-order valence-electron chi connectivity index (χ1n) is 17.7. The molecule has 2 atom stereocenters. The molecule has 1 aromatic heterocycles. The molecule has 0 aliphatic carbocycles. The van der Waals surface area contributed by atoms with Crippen molar-refractivity contribution in [2.45, 2.75) is 44.2 Å². The number of anilines is 2. The Hall–Kier alpha value is -6.83. The van der Waals surface area contributed by atoms with E-state index in [1.54, 1.807) is 42.5 Å². The average Bonchev–Trinajstić information content (AvgIpc) is 3.60. The van der Waals surface area contributed by atoms with Crippen molar-refractivity contribution in [1.29, 1.82) is 0 Å². The molecule has 0 fully saturated rings. The molecule has 0 saturated carbocycles. The highest BCUT2D eigenvalue weighted by Gasteiger charge is 2.38. The van der Waals surface area contributed by atoms with Gasteiger partial charge in [-0.05, 0) is 48.2 Å². The minimum absolute atomic E-state index is 0.0594. The van der Waals surface area contributed by atoms with Gasteiger partial charge >= 0.3 is 5.97 Å². The maximum Gasteiger partial charge on any atom is 0.305 e. The Morgan fingerprint density at radius 1 is 0.836 bits per heavy atom. The number of nitrogens with one attached hydrogen (secondary N) is 2. The zero-order chi connectivity index (χ0) is 38.9. The van der Waals surface area contributed by atoms with E-state index in [4.69, 9.17) is 9.15 Å². The number of aliphatic carboxylic acids is 1. The predicted molar refractivity (Wildman–Crippen MR) is 202 cm³/mol. The number of ketones is 1. The fraction of sp³-hybridized carbons (Fsp3) is 0.244. The van der Waals surface area contributed by atoms with Crippen LogP contribution in [0.1, 0.15) is 41.1 Å². The molecule has 0 spiro atoms. The number of benzene rings is 4. The fourth-order valence-electron chi connectivity index (χ4n) is 6.40. The third kappa shape index (κ3) is 9.22. The Kier molecular flexibility index (Phi) is 11.9. The molecule has 5 aromatic rings. The van der Waals surface area contributed by atoms with Crippen LogP contribution in [0.4, 0.5) is 11.4 Å². The van der Waals surface area contributed by atoms with Crippen LogP contribution >= 0.6 is 0 Å². The van der Waals surface area contributed by atoms with Crippen molar-refractivity contribution in [2.75, 3.05) is 30.0 Å². The van der Waals surface area contributed by atoms with Gasteiger partial charge in [-0.15, -0.1) is 0 Å². The van der Waals surface area contributed by atoms with Gasteiger partial charge in [0, 0.05) is 12.8 Å². The number of rotatable bonds is 15. The Morgan fingerprint density at radius 3 is 2.13 bits per heavy atom. The lowest BCUT2D eigenvalue weighted by Gasteiger charge is -2.26. The lowest BCUT2D eigenvalue weighted by Crippen LogP contribution is -2.55. The summed E-state index contributed by atoms with van der Waals surface area (Å²) in [4.78, 5) is 87.5. The van der Waals surface area contributed by atoms with Crippen LogP contribution in [0.3, 0.4) is 0 Å². The van der Waals surface area contributed by atoms with E-state index in [1.165, 1.54) is 12.0 Å². The van der Waals surface area contributed by atoms with Crippen LogP contribution < -0.4 is 25.2 Å². The van der Waals surface area contributed by atoms with E-state index >= 15 is 0 Å². The summed E-state index contributed by atoms with van der Waals surface area (Å²) in [7, 11) is 1.41. The van der Waals surface area contributed by atoms with Gasteiger partial charge in [0.15, 0.2) is 11.3 Å². The van der Waals surface area contributed by atoms with Crippen molar-refractivity contribution < 1.29 is 43.0 Å². The van der Waals surface area contributed by atoms with Gasteiger partial charge in [0.2, 0.25) is 23.5 Å². The van der Waals surface area contributed by atoms with Crippen LogP contribution in [0.2, 0.25) is 0 Å². The highest BCUT2D eigenvalue weighted by atomic mass is 16.5. The fourth-order valence-corrected chi connectivity index (χ4v) is 6.40. The number of fused-ring (bicyclic) bond motifs is 2. The molecule has 14 heteroatoms. The number of nitrogens with zero attached hydrogens (tertiary/aromatic N) is 3. The number of aryl methyl sites for hydroxylation is 2. The summed E-state index contributed by atoms with van der Waals surface area (Å²) in [6.45, 7) is -0.886. The van der Waals surface area contributed by atoms with Crippen molar-refractivity contribution in [1.82, 2.24) is 15.6 Å². The second-order valence-corrected chi connectivity index (χ2v) is 12.9. The number of carbonyl (C=O) groups excluding carboxylic acids is 5. The zero-order valence-corrected chi connectivity index (χ0v) is 30.0. The first-order valence-corrected chi connectivity index (χ1v) is 17.7. The number of aromatic nitrogens is 1. The topological polar surface area (TPSA) is 188 Å². The molecular formula is C41H39N5O9. The van der Waals surface area contributed by atoms with E-state index < -0.39 is 60.4 Å². The monoisotopic (exact) mass is 745 g/mol. The summed E-state index contributed by atoms with van der Waals surface area (Å²) in [6.07, 6.45) is 0.185. The van der Waals surface area contributed by atoms with Crippen LogP contribution in [0, 0.1) is 0 Å². The second-order valence-electron chi connectivity index (χ2n) is 12.9. The molecule has 2 heterocycles. The van der Waals surface area contributed by atoms with E-state index in [2.05, 4.69) is 15.6 Å². The number of para-hydroxylation sites is 3. The second kappa shape index (κ2) is 17.3. The lowest BCUT2D eigenvalue weighted by molar-refractivity contribution is -0.137. The number of carbonyl (C=O) groups is 6. The predicted octanol–water partition coefficient (Wildman–Crippen LogP) is 4.11. The number of carboxylic acids is 1. The molecule has 1 aliphatic rings. The highest BCUT2D eigenvalue weighted by molar-refractivity contribution is 6.10. The largest absolute Gasteiger partial charge is 0.493 e. The molecule has 6 rings (SSSR count). The summed E-state index contributed by atoms with van der Waals surface area (Å²) in [6, 6.07) is 27.3. The van der Waals surface area contributed by atoms with Gasteiger partial charge in [0.25, 0.3) is 11.8 Å². The van der Waals surface area contributed by atoms with Crippen LogP contribution in [0.15, 0.2) is 108 Å². The summed E-state index contributed by atoms with van der Waals surface area (Å²) in [5.41, 5.74) is 2.87. The van der Waals surface area contributed by atoms with E-state index in [0.717, 1.165) is 16.0 Å². The molecule has 282 valence electrons. The minimum atomic E-state index is -1.62. The van der Waals surface area contributed by atoms with Gasteiger partial charge in [-0.2, -0.15) is 0 Å². The van der Waals surface area contributed by atoms with Crippen molar-refractivity contribution in [3.8, 4) is 5.75 Å². The average molecular weight is 746 g/mol. The molecule has 14 nitrogen and oxygen atoms in total. The standard InChI is InChI=1S/C41H39N5O9/c1-54-33-18-10-15-28-39(33)55-40(44-28)38(52)29(23-37(50)51)42-35(48)25-46-32-17-9-8-16-31(32)45(36(49)22-20-27-13-6-3-7-14-27)24-30(41(46)53)43-34(47)21-19-26-11-4-2-5-12-26/h2-18,29-30H,19-25H2,1H3,(H,42,48)(H,43,47)(H,50,51). The molecule has 4 aromatic carbocycles. The van der Waals surface area contributed by atoms with Crippen molar-refractivity contribution in [3.05, 3.63) is 120 Å². The van der Waals surface area contributed by atoms with Gasteiger partial charge in [-0.25, -0.2) is 4.98 Å². The van der Waals surface area contributed by atoms with Gasteiger partial charge in [-0.3, -0.25) is 33.7 Å². The Balaban J connectivity index is 1.26. The summed E-state index contributed by atoms with van der Waals surface area (Å²) >= 11 is 0. The van der Waals surface area contributed by atoms with Gasteiger partial charge < -0.3 is 29.8 Å². The number of hydrogen-bond donors (Lipinski definition) is 3. The number of oxazole rings is 1. The van der Waals surface area contributed by atoms with Gasteiger partial charge in [0.1, 0.15) is 24.1 Å².